The van der Waals surface area contributed by atoms with E-state index in [4.69, 9.17) is 18.0 Å². The van der Waals surface area contributed by atoms with E-state index in [9.17, 15) is 4.79 Å². The summed E-state index contributed by atoms with van der Waals surface area (Å²) in [4.78, 5) is 17.9. The molecule has 0 radical (unpaired) electrons. The smallest absolute Gasteiger partial charge is 0.221 e. The lowest BCUT2D eigenvalue weighted by Crippen LogP contribution is -2.31. The number of anilines is 1. The van der Waals surface area contributed by atoms with Crippen molar-refractivity contribution in [3.05, 3.63) is 23.9 Å². The Bertz CT molecular complexity index is 449. The number of carbonyl (C=O) groups is 1. The molecule has 1 aliphatic heterocycles. The van der Waals surface area contributed by atoms with Gasteiger partial charge in [0.25, 0.3) is 0 Å². The Labute approximate surface area is 105 Å². The molecule has 1 aromatic heterocycles. The number of hydrogen-bond donors (Lipinski definition) is 2. The van der Waals surface area contributed by atoms with Gasteiger partial charge in [-0.25, -0.2) is 4.98 Å². The van der Waals surface area contributed by atoms with E-state index in [2.05, 4.69) is 10.3 Å². The van der Waals surface area contributed by atoms with E-state index in [0.29, 0.717) is 24.5 Å². The second-order valence-corrected chi connectivity index (χ2v) is 4.27. The maximum atomic E-state index is 11.3. The zero-order chi connectivity index (χ0) is 12.3. The molecule has 0 aromatic carbocycles. The molecule has 2 rings (SSSR count). The van der Waals surface area contributed by atoms with Crippen LogP contribution in [-0.2, 0) is 4.79 Å². The number of rotatable bonds is 2. The Morgan fingerprint density at radius 3 is 3.12 bits per heavy atom. The highest BCUT2D eigenvalue weighted by atomic mass is 32.1. The summed E-state index contributed by atoms with van der Waals surface area (Å²) in [6, 6.07) is 3.66. The van der Waals surface area contributed by atoms with Gasteiger partial charge >= 0.3 is 0 Å². The normalized spacial score (nSPS) is 16.2. The Balaban J connectivity index is 2.26. The molecule has 0 saturated carbocycles. The van der Waals surface area contributed by atoms with E-state index in [1.807, 2.05) is 11.0 Å². The number of pyridine rings is 1. The van der Waals surface area contributed by atoms with Gasteiger partial charge in [0.15, 0.2) is 0 Å². The fourth-order valence-electron chi connectivity index (χ4n) is 1.82. The van der Waals surface area contributed by atoms with Crippen molar-refractivity contribution < 1.29 is 4.79 Å². The Morgan fingerprint density at radius 2 is 2.35 bits per heavy atom. The molecule has 0 aliphatic carbocycles. The first-order chi connectivity index (χ1) is 8.18. The zero-order valence-corrected chi connectivity index (χ0v) is 10.2. The number of nitrogens with one attached hydrogen (secondary N) is 1. The molecule has 1 saturated heterocycles. The van der Waals surface area contributed by atoms with Crippen LogP contribution in [0.4, 0.5) is 5.82 Å². The molecule has 17 heavy (non-hydrogen) atoms. The molecule has 3 N–H and O–H groups in total. The average Bonchev–Trinajstić information content (AvgIpc) is 2.54. The molecule has 90 valence electrons. The number of amides is 1. The van der Waals surface area contributed by atoms with Crippen molar-refractivity contribution in [3.8, 4) is 0 Å². The largest absolute Gasteiger partial charge is 0.389 e. The topological polar surface area (TPSA) is 71.2 Å². The molecule has 5 nitrogen and oxygen atoms in total. The van der Waals surface area contributed by atoms with Crippen molar-refractivity contribution in [2.24, 2.45) is 5.73 Å². The lowest BCUT2D eigenvalue weighted by atomic mass is 10.2. The van der Waals surface area contributed by atoms with Crippen LogP contribution in [0.25, 0.3) is 0 Å². The van der Waals surface area contributed by atoms with E-state index in [1.165, 1.54) is 0 Å². The molecule has 2 heterocycles. The van der Waals surface area contributed by atoms with Gasteiger partial charge in [0.2, 0.25) is 5.91 Å². The highest BCUT2D eigenvalue weighted by Gasteiger charge is 2.18. The fraction of sp³-hybridized carbons (Fsp3) is 0.364. The van der Waals surface area contributed by atoms with Gasteiger partial charge in [0, 0.05) is 32.3 Å². The van der Waals surface area contributed by atoms with Crippen molar-refractivity contribution in [3.63, 3.8) is 0 Å². The lowest BCUT2D eigenvalue weighted by Gasteiger charge is -2.22. The van der Waals surface area contributed by atoms with Crippen LogP contribution in [0.3, 0.4) is 0 Å². The predicted octanol–water partition coefficient (Wildman–Crippen LogP) is 0.0421. The molecule has 1 amide bonds. The maximum absolute atomic E-state index is 11.3. The Kier molecular flexibility index (Phi) is 3.53. The van der Waals surface area contributed by atoms with Crippen LogP contribution in [0.15, 0.2) is 18.3 Å². The molecule has 1 fully saturated rings. The van der Waals surface area contributed by atoms with Crippen molar-refractivity contribution in [1.82, 2.24) is 10.3 Å². The summed E-state index contributed by atoms with van der Waals surface area (Å²) in [6.45, 7) is 1.98. The van der Waals surface area contributed by atoms with Crippen molar-refractivity contribution in [2.75, 3.05) is 24.5 Å². The molecule has 1 aliphatic rings. The van der Waals surface area contributed by atoms with E-state index in [1.54, 1.807) is 12.3 Å². The summed E-state index contributed by atoms with van der Waals surface area (Å²) < 4.78 is 0. The van der Waals surface area contributed by atoms with Crippen LogP contribution in [0.1, 0.15) is 12.0 Å². The van der Waals surface area contributed by atoms with Gasteiger partial charge in [-0.15, -0.1) is 0 Å². The third kappa shape index (κ3) is 2.71. The monoisotopic (exact) mass is 250 g/mol. The number of thiocarbonyl (C=S) groups is 1. The number of nitrogens with two attached hydrogens (primary N) is 1. The minimum absolute atomic E-state index is 0.0697. The van der Waals surface area contributed by atoms with Crippen molar-refractivity contribution in [1.29, 1.82) is 0 Å². The minimum Gasteiger partial charge on any atom is -0.389 e. The van der Waals surface area contributed by atoms with Gasteiger partial charge in [-0.05, 0) is 12.1 Å². The number of hydrogen-bond acceptors (Lipinski definition) is 4. The molecular formula is C11H14N4OS. The summed E-state index contributed by atoms with van der Waals surface area (Å²) >= 11 is 5.00. The predicted molar refractivity (Wildman–Crippen MR) is 70.0 cm³/mol. The first kappa shape index (κ1) is 11.8. The number of carbonyl (C=O) groups excluding carboxylic acids is 1. The third-order valence-corrected chi connectivity index (χ3v) is 2.88. The summed E-state index contributed by atoms with van der Waals surface area (Å²) in [5, 5.41) is 2.82. The molecule has 0 bridgehead atoms. The van der Waals surface area contributed by atoms with Crippen molar-refractivity contribution >= 4 is 28.9 Å². The van der Waals surface area contributed by atoms with Crippen LogP contribution < -0.4 is 16.0 Å². The molecule has 6 heteroatoms. The van der Waals surface area contributed by atoms with E-state index >= 15 is 0 Å². The zero-order valence-electron chi connectivity index (χ0n) is 9.35. The molecular weight excluding hydrogens is 236 g/mol. The first-order valence-electron chi connectivity index (χ1n) is 5.45. The van der Waals surface area contributed by atoms with Crippen LogP contribution >= 0.6 is 12.2 Å². The van der Waals surface area contributed by atoms with Gasteiger partial charge < -0.3 is 16.0 Å². The maximum Gasteiger partial charge on any atom is 0.221 e. The second-order valence-electron chi connectivity index (χ2n) is 3.83. The standard InChI is InChI=1S/C11H14N4OS/c12-10(17)8-2-1-4-14-11(8)15-6-3-9(16)13-5-7-15/h1-2,4H,3,5-7H2,(H2,12,17)(H,13,16). The van der Waals surface area contributed by atoms with Gasteiger partial charge in [-0.2, -0.15) is 0 Å². The van der Waals surface area contributed by atoms with Gasteiger partial charge in [0.1, 0.15) is 10.8 Å². The van der Waals surface area contributed by atoms with Gasteiger partial charge in [-0.1, -0.05) is 12.2 Å². The summed E-state index contributed by atoms with van der Waals surface area (Å²) in [5.41, 5.74) is 6.43. The molecule has 0 spiro atoms. The van der Waals surface area contributed by atoms with Gasteiger partial charge in [-0.3, -0.25) is 4.79 Å². The second kappa shape index (κ2) is 5.09. The van der Waals surface area contributed by atoms with E-state index in [0.717, 1.165) is 17.9 Å². The third-order valence-electron chi connectivity index (χ3n) is 2.66. The van der Waals surface area contributed by atoms with Crippen LogP contribution in [0.5, 0.6) is 0 Å². The molecule has 1 aromatic rings. The SMILES string of the molecule is NC(=S)c1cccnc1N1CCNC(=O)CC1. The fourth-order valence-corrected chi connectivity index (χ4v) is 1.98. The van der Waals surface area contributed by atoms with Crippen LogP contribution in [0, 0.1) is 0 Å². The summed E-state index contributed by atoms with van der Waals surface area (Å²) in [5.74, 6) is 0.830. The lowest BCUT2D eigenvalue weighted by molar-refractivity contribution is -0.120. The molecule has 0 unspecified atom stereocenters. The average molecular weight is 250 g/mol. The van der Waals surface area contributed by atoms with Crippen LogP contribution in [-0.4, -0.2) is 35.5 Å². The van der Waals surface area contributed by atoms with Crippen molar-refractivity contribution in [2.45, 2.75) is 6.42 Å². The highest BCUT2D eigenvalue weighted by Crippen LogP contribution is 2.17. The Hall–Kier alpha value is -1.69. The quantitative estimate of drug-likeness (QED) is 0.725. The highest BCUT2D eigenvalue weighted by molar-refractivity contribution is 7.80. The van der Waals surface area contributed by atoms with E-state index < -0.39 is 0 Å². The molecule has 0 atom stereocenters. The summed E-state index contributed by atoms with van der Waals surface area (Å²) in [7, 11) is 0. The number of nitrogens with zero attached hydrogens (tertiary/aromatic N) is 2. The van der Waals surface area contributed by atoms with Crippen LogP contribution in [0.2, 0.25) is 0 Å². The first-order valence-corrected chi connectivity index (χ1v) is 5.86. The summed E-state index contributed by atoms with van der Waals surface area (Å²) in [6.07, 6.45) is 2.17. The van der Waals surface area contributed by atoms with Gasteiger partial charge in [0.05, 0.1) is 5.56 Å². The number of aromatic nitrogens is 1. The Morgan fingerprint density at radius 1 is 1.53 bits per heavy atom. The van der Waals surface area contributed by atoms with E-state index in [-0.39, 0.29) is 5.91 Å². The minimum atomic E-state index is 0.0697.